The minimum absolute atomic E-state index is 0.362. The quantitative estimate of drug-likeness (QED) is 0.776. The van der Waals surface area contributed by atoms with E-state index < -0.39 is 0 Å². The van der Waals surface area contributed by atoms with Crippen molar-refractivity contribution in [3.8, 4) is 0 Å². The van der Waals surface area contributed by atoms with Crippen LogP contribution in [0.25, 0.3) is 10.1 Å². The zero-order chi connectivity index (χ0) is 13.1. The van der Waals surface area contributed by atoms with Gasteiger partial charge in [0.05, 0.1) is 12.7 Å². The van der Waals surface area contributed by atoms with E-state index in [0.29, 0.717) is 6.04 Å². The Balaban J connectivity index is 1.61. The van der Waals surface area contributed by atoms with Gasteiger partial charge >= 0.3 is 0 Å². The van der Waals surface area contributed by atoms with Gasteiger partial charge in [0.2, 0.25) is 0 Å². The summed E-state index contributed by atoms with van der Waals surface area (Å²) in [6.45, 7) is 3.93. The van der Waals surface area contributed by atoms with Crippen LogP contribution in [0.4, 0.5) is 0 Å². The van der Waals surface area contributed by atoms with Crippen LogP contribution in [0.3, 0.4) is 0 Å². The summed E-state index contributed by atoms with van der Waals surface area (Å²) >= 11 is 1.86. The van der Waals surface area contributed by atoms with Crippen molar-refractivity contribution in [3.63, 3.8) is 0 Å². The van der Waals surface area contributed by atoms with Gasteiger partial charge in [-0.2, -0.15) is 0 Å². The van der Waals surface area contributed by atoms with E-state index in [1.807, 2.05) is 22.2 Å². The Morgan fingerprint density at radius 3 is 3.05 bits per heavy atom. The van der Waals surface area contributed by atoms with Crippen molar-refractivity contribution < 1.29 is 0 Å². The molecule has 0 aliphatic carbocycles. The predicted molar refractivity (Wildman–Crippen MR) is 78.3 cm³/mol. The minimum Gasteiger partial charge on any atom is -0.308 e. The summed E-state index contributed by atoms with van der Waals surface area (Å²) in [4.78, 5) is 1.37. The van der Waals surface area contributed by atoms with E-state index in [-0.39, 0.29) is 0 Å². The average Bonchev–Trinajstić information content (AvgIpc) is 3.07. The van der Waals surface area contributed by atoms with Crippen LogP contribution in [0.1, 0.15) is 17.8 Å². The second kappa shape index (κ2) is 5.50. The van der Waals surface area contributed by atoms with Crippen LogP contribution in [-0.2, 0) is 6.54 Å². The fourth-order valence-electron chi connectivity index (χ4n) is 2.06. The van der Waals surface area contributed by atoms with E-state index in [1.165, 1.54) is 15.0 Å². The molecule has 1 N–H and O–H groups in total. The molecule has 0 amide bonds. The molecule has 2 aromatic heterocycles. The number of nitrogens with one attached hydrogen (secondary N) is 1. The maximum absolute atomic E-state index is 3.95. The number of nitrogens with zero attached hydrogens (tertiary/aromatic N) is 3. The third-order valence-corrected chi connectivity index (χ3v) is 4.43. The molecule has 0 saturated heterocycles. The summed E-state index contributed by atoms with van der Waals surface area (Å²) < 4.78 is 3.19. The van der Waals surface area contributed by atoms with Crippen molar-refractivity contribution in [1.29, 1.82) is 0 Å². The number of rotatable bonds is 5. The molecular formula is C14H16N4S. The summed E-state index contributed by atoms with van der Waals surface area (Å²) in [5.41, 5.74) is 0. The lowest BCUT2D eigenvalue weighted by Gasteiger charge is -2.11. The number of benzene rings is 1. The van der Waals surface area contributed by atoms with E-state index in [2.05, 4.69) is 52.9 Å². The van der Waals surface area contributed by atoms with Gasteiger partial charge in [-0.05, 0) is 24.4 Å². The van der Waals surface area contributed by atoms with Crippen LogP contribution in [-0.4, -0.2) is 21.5 Å². The zero-order valence-electron chi connectivity index (χ0n) is 10.8. The van der Waals surface area contributed by atoms with Crippen molar-refractivity contribution in [2.75, 3.05) is 6.54 Å². The van der Waals surface area contributed by atoms with Gasteiger partial charge in [-0.1, -0.05) is 23.4 Å². The van der Waals surface area contributed by atoms with Crippen LogP contribution in [0, 0.1) is 0 Å². The van der Waals surface area contributed by atoms with Crippen molar-refractivity contribution in [3.05, 3.63) is 47.6 Å². The third-order valence-electron chi connectivity index (χ3n) is 3.13. The maximum Gasteiger partial charge on any atom is 0.0692 e. The van der Waals surface area contributed by atoms with Crippen molar-refractivity contribution in [1.82, 2.24) is 20.3 Å². The predicted octanol–water partition coefficient (Wildman–Crippen LogP) is 2.84. The van der Waals surface area contributed by atoms with E-state index in [0.717, 1.165) is 13.1 Å². The first kappa shape index (κ1) is 12.3. The number of hydrogen-bond acceptors (Lipinski definition) is 4. The molecule has 1 unspecified atom stereocenters. The van der Waals surface area contributed by atoms with E-state index in [1.54, 1.807) is 6.20 Å². The summed E-state index contributed by atoms with van der Waals surface area (Å²) in [6, 6.07) is 11.1. The normalized spacial score (nSPS) is 12.9. The van der Waals surface area contributed by atoms with Crippen molar-refractivity contribution in [2.45, 2.75) is 19.5 Å². The van der Waals surface area contributed by atoms with Crippen LogP contribution >= 0.6 is 11.3 Å². The number of fused-ring (bicyclic) bond motifs is 1. The molecule has 5 heteroatoms. The highest BCUT2D eigenvalue weighted by molar-refractivity contribution is 7.19. The molecule has 4 nitrogen and oxygen atoms in total. The first-order valence-electron chi connectivity index (χ1n) is 6.39. The highest BCUT2D eigenvalue weighted by atomic mass is 32.1. The molecule has 0 saturated carbocycles. The Morgan fingerprint density at radius 1 is 1.37 bits per heavy atom. The Labute approximate surface area is 116 Å². The summed E-state index contributed by atoms with van der Waals surface area (Å²) in [5.74, 6) is 0. The van der Waals surface area contributed by atoms with Crippen LogP contribution in [0.2, 0.25) is 0 Å². The standard InChI is InChI=1S/C14H16N4S/c1-11(15-6-8-18-9-7-16-17-18)14-10-12-4-2-3-5-13(12)19-14/h2-5,7,9-11,15H,6,8H2,1H3. The lowest BCUT2D eigenvalue weighted by atomic mass is 10.2. The fourth-order valence-corrected chi connectivity index (χ4v) is 3.16. The Bertz CT molecular complexity index is 611. The highest BCUT2D eigenvalue weighted by Gasteiger charge is 2.08. The Hall–Kier alpha value is -1.72. The monoisotopic (exact) mass is 272 g/mol. The van der Waals surface area contributed by atoms with Gasteiger partial charge in [0.15, 0.2) is 0 Å². The number of aromatic nitrogens is 3. The molecule has 0 aliphatic heterocycles. The molecule has 1 aromatic carbocycles. The van der Waals surface area contributed by atoms with Gasteiger partial charge < -0.3 is 5.32 Å². The molecule has 3 aromatic rings. The van der Waals surface area contributed by atoms with Gasteiger partial charge in [-0.25, -0.2) is 0 Å². The van der Waals surface area contributed by atoms with Gasteiger partial charge in [0.25, 0.3) is 0 Å². The molecule has 98 valence electrons. The fraction of sp³-hybridized carbons (Fsp3) is 0.286. The van der Waals surface area contributed by atoms with Gasteiger partial charge in [-0.3, -0.25) is 4.68 Å². The second-order valence-corrected chi connectivity index (χ2v) is 5.64. The average molecular weight is 272 g/mol. The Morgan fingerprint density at radius 2 is 2.26 bits per heavy atom. The lowest BCUT2D eigenvalue weighted by Crippen LogP contribution is -2.23. The molecule has 0 radical (unpaired) electrons. The van der Waals surface area contributed by atoms with Gasteiger partial charge in [0, 0.05) is 28.4 Å². The zero-order valence-corrected chi connectivity index (χ0v) is 11.6. The SMILES string of the molecule is CC(NCCn1ccnn1)c1cc2ccccc2s1. The molecule has 19 heavy (non-hydrogen) atoms. The topological polar surface area (TPSA) is 42.7 Å². The van der Waals surface area contributed by atoms with Crippen LogP contribution in [0.5, 0.6) is 0 Å². The minimum atomic E-state index is 0.362. The van der Waals surface area contributed by atoms with Gasteiger partial charge in [0.1, 0.15) is 0 Å². The van der Waals surface area contributed by atoms with E-state index in [4.69, 9.17) is 0 Å². The summed E-state index contributed by atoms with van der Waals surface area (Å²) in [7, 11) is 0. The largest absolute Gasteiger partial charge is 0.308 e. The summed E-state index contributed by atoms with van der Waals surface area (Å²) in [5, 5.41) is 12.6. The third kappa shape index (κ3) is 2.83. The van der Waals surface area contributed by atoms with E-state index >= 15 is 0 Å². The highest BCUT2D eigenvalue weighted by Crippen LogP contribution is 2.29. The summed E-state index contributed by atoms with van der Waals surface area (Å²) in [6.07, 6.45) is 3.58. The molecule has 0 bridgehead atoms. The maximum atomic E-state index is 3.95. The van der Waals surface area contributed by atoms with Gasteiger partial charge in [-0.15, -0.1) is 16.4 Å². The molecule has 2 heterocycles. The van der Waals surface area contributed by atoms with Crippen molar-refractivity contribution >= 4 is 21.4 Å². The molecule has 3 rings (SSSR count). The molecule has 0 fully saturated rings. The van der Waals surface area contributed by atoms with Crippen molar-refractivity contribution in [2.24, 2.45) is 0 Å². The van der Waals surface area contributed by atoms with Crippen LogP contribution in [0.15, 0.2) is 42.7 Å². The smallest absolute Gasteiger partial charge is 0.0692 e. The first-order chi connectivity index (χ1) is 9.33. The lowest BCUT2D eigenvalue weighted by molar-refractivity contribution is 0.502. The first-order valence-corrected chi connectivity index (χ1v) is 7.20. The molecule has 0 spiro atoms. The van der Waals surface area contributed by atoms with Crippen LogP contribution < -0.4 is 5.32 Å². The molecule has 0 aliphatic rings. The Kier molecular flexibility index (Phi) is 3.57. The number of thiophene rings is 1. The second-order valence-electron chi connectivity index (χ2n) is 4.53. The van der Waals surface area contributed by atoms with E-state index in [9.17, 15) is 0 Å². The molecule has 1 atom stereocenters. The molecular weight excluding hydrogens is 256 g/mol. The number of hydrogen-bond donors (Lipinski definition) is 1.